The first-order valence-corrected chi connectivity index (χ1v) is 8.47. The Morgan fingerprint density at radius 3 is 2.55 bits per heavy atom. The van der Waals surface area contributed by atoms with Crippen LogP contribution in [0.1, 0.15) is 35.4 Å². The van der Waals surface area contributed by atoms with E-state index in [4.69, 9.17) is 34.8 Å². The van der Waals surface area contributed by atoms with E-state index in [0.717, 1.165) is 34.0 Å². The normalized spacial score (nSPS) is 12.7. The number of hydrogen-bond donors (Lipinski definition) is 1. The van der Waals surface area contributed by atoms with Gasteiger partial charge < -0.3 is 5.32 Å². The van der Waals surface area contributed by atoms with Gasteiger partial charge in [-0.15, -0.1) is 11.3 Å². The minimum Gasteiger partial charge on any atom is -0.306 e. The highest BCUT2D eigenvalue weighted by Gasteiger charge is 2.21. The van der Waals surface area contributed by atoms with Crippen molar-refractivity contribution in [2.45, 2.75) is 26.3 Å². The highest BCUT2D eigenvalue weighted by atomic mass is 35.5. The van der Waals surface area contributed by atoms with E-state index < -0.39 is 0 Å². The second-order valence-corrected chi connectivity index (χ2v) is 6.78. The average Bonchev–Trinajstić information content (AvgIpc) is 2.73. The highest BCUT2D eigenvalue weighted by Crippen LogP contribution is 2.38. The molecule has 1 aromatic carbocycles. The lowest BCUT2D eigenvalue weighted by Gasteiger charge is -2.20. The lowest BCUT2D eigenvalue weighted by molar-refractivity contribution is 0.606. The van der Waals surface area contributed by atoms with Gasteiger partial charge in [0.1, 0.15) is 0 Å². The van der Waals surface area contributed by atoms with Crippen LogP contribution in [0, 0.1) is 6.92 Å². The number of rotatable bonds is 5. The Bertz CT molecular complexity index is 595. The van der Waals surface area contributed by atoms with Crippen LogP contribution in [0.3, 0.4) is 0 Å². The third-order valence-corrected chi connectivity index (χ3v) is 5.40. The topological polar surface area (TPSA) is 12.0 Å². The van der Waals surface area contributed by atoms with Gasteiger partial charge in [0.25, 0.3) is 0 Å². The van der Waals surface area contributed by atoms with Gasteiger partial charge in [0, 0.05) is 14.9 Å². The van der Waals surface area contributed by atoms with Crippen molar-refractivity contribution in [3.63, 3.8) is 0 Å². The molecule has 1 N–H and O–H groups in total. The first-order chi connectivity index (χ1) is 9.54. The molecule has 20 heavy (non-hydrogen) atoms. The third kappa shape index (κ3) is 3.49. The molecular formula is C15H16Cl3NS. The van der Waals surface area contributed by atoms with Gasteiger partial charge in [0.05, 0.1) is 11.1 Å². The Labute approximate surface area is 138 Å². The Morgan fingerprint density at radius 2 is 2.00 bits per heavy atom. The zero-order valence-corrected chi connectivity index (χ0v) is 14.4. The summed E-state index contributed by atoms with van der Waals surface area (Å²) in [4.78, 5) is 1.10. The molecule has 2 aromatic rings. The summed E-state index contributed by atoms with van der Waals surface area (Å²) < 4.78 is 0. The summed E-state index contributed by atoms with van der Waals surface area (Å²) in [5, 5.41) is 7.70. The molecule has 108 valence electrons. The minimum atomic E-state index is 0.00548. The van der Waals surface area contributed by atoms with E-state index in [0.29, 0.717) is 10.0 Å². The van der Waals surface area contributed by atoms with Crippen LogP contribution in [0.2, 0.25) is 15.1 Å². The molecule has 1 unspecified atom stereocenters. The van der Waals surface area contributed by atoms with Crippen molar-refractivity contribution < 1.29 is 0 Å². The molecule has 0 radical (unpaired) electrons. The molecule has 1 aromatic heterocycles. The van der Waals surface area contributed by atoms with E-state index in [2.05, 4.69) is 17.6 Å². The summed E-state index contributed by atoms with van der Waals surface area (Å²) in [6, 6.07) is 5.60. The number of thiophene rings is 1. The minimum absolute atomic E-state index is 0.00548. The Hall–Kier alpha value is -0.250. The van der Waals surface area contributed by atoms with Gasteiger partial charge in [-0.1, -0.05) is 47.8 Å². The van der Waals surface area contributed by atoms with Crippen LogP contribution in [0.4, 0.5) is 0 Å². The van der Waals surface area contributed by atoms with Crippen LogP contribution in [-0.4, -0.2) is 6.54 Å². The quantitative estimate of drug-likeness (QED) is 0.687. The van der Waals surface area contributed by atoms with Gasteiger partial charge in [-0.2, -0.15) is 0 Å². The predicted octanol–water partition coefficient (Wildman–Crippen LogP) is 6.11. The lowest BCUT2D eigenvalue weighted by atomic mass is 10.0. The molecule has 0 bridgehead atoms. The second-order valence-electron chi connectivity index (χ2n) is 4.65. The molecule has 0 amide bonds. The van der Waals surface area contributed by atoms with E-state index in [1.54, 1.807) is 17.4 Å². The van der Waals surface area contributed by atoms with E-state index >= 15 is 0 Å². The Morgan fingerprint density at radius 1 is 1.25 bits per heavy atom. The van der Waals surface area contributed by atoms with Gasteiger partial charge in [0.15, 0.2) is 0 Å². The predicted molar refractivity (Wildman–Crippen MR) is 90.7 cm³/mol. The summed E-state index contributed by atoms with van der Waals surface area (Å²) in [5.41, 5.74) is 2.10. The molecule has 0 aliphatic heterocycles. The maximum absolute atomic E-state index is 6.42. The fourth-order valence-corrected chi connectivity index (χ4v) is 3.92. The zero-order chi connectivity index (χ0) is 14.7. The van der Waals surface area contributed by atoms with Crippen molar-refractivity contribution in [3.8, 4) is 0 Å². The molecule has 0 saturated carbocycles. The van der Waals surface area contributed by atoms with Crippen molar-refractivity contribution in [2.24, 2.45) is 0 Å². The summed E-state index contributed by atoms with van der Waals surface area (Å²) in [6.45, 7) is 5.05. The number of halogens is 3. The molecule has 1 nitrogen and oxygen atoms in total. The fourth-order valence-electron chi connectivity index (χ4n) is 2.01. The first-order valence-electron chi connectivity index (χ1n) is 6.46. The summed E-state index contributed by atoms with van der Waals surface area (Å²) >= 11 is 20.4. The molecular weight excluding hydrogens is 333 g/mol. The van der Waals surface area contributed by atoms with Crippen LogP contribution in [-0.2, 0) is 0 Å². The first kappa shape index (κ1) is 16.1. The second kappa shape index (κ2) is 7.15. The van der Waals surface area contributed by atoms with Crippen molar-refractivity contribution in [2.75, 3.05) is 6.54 Å². The number of hydrogen-bond acceptors (Lipinski definition) is 2. The van der Waals surface area contributed by atoms with E-state index in [1.165, 1.54) is 0 Å². The Balaban J connectivity index is 2.44. The summed E-state index contributed by atoms with van der Waals surface area (Å²) in [7, 11) is 0. The van der Waals surface area contributed by atoms with Crippen LogP contribution in [0.5, 0.6) is 0 Å². The zero-order valence-electron chi connectivity index (χ0n) is 11.3. The molecule has 0 fully saturated rings. The molecule has 2 rings (SSSR count). The maximum atomic E-state index is 6.42. The summed E-state index contributed by atoms with van der Waals surface area (Å²) in [5.74, 6) is 0. The van der Waals surface area contributed by atoms with E-state index in [-0.39, 0.29) is 6.04 Å². The van der Waals surface area contributed by atoms with Crippen molar-refractivity contribution in [3.05, 3.63) is 54.7 Å². The molecule has 1 atom stereocenters. The van der Waals surface area contributed by atoms with E-state index in [1.807, 2.05) is 19.1 Å². The van der Waals surface area contributed by atoms with Gasteiger partial charge in [-0.3, -0.25) is 0 Å². The molecule has 0 spiro atoms. The molecule has 0 aliphatic rings. The fraction of sp³-hybridized carbons (Fsp3) is 0.333. The van der Waals surface area contributed by atoms with Crippen molar-refractivity contribution >= 4 is 46.1 Å². The average molecular weight is 349 g/mol. The molecule has 5 heteroatoms. The van der Waals surface area contributed by atoms with Crippen molar-refractivity contribution in [1.82, 2.24) is 5.32 Å². The number of benzene rings is 1. The van der Waals surface area contributed by atoms with Gasteiger partial charge in [-0.25, -0.2) is 0 Å². The van der Waals surface area contributed by atoms with Crippen LogP contribution in [0.25, 0.3) is 0 Å². The Kier molecular flexibility index (Phi) is 5.76. The number of nitrogens with one attached hydrogen (secondary N) is 1. The number of aryl methyl sites for hydroxylation is 1. The van der Waals surface area contributed by atoms with Crippen molar-refractivity contribution in [1.29, 1.82) is 0 Å². The monoisotopic (exact) mass is 347 g/mol. The maximum Gasteiger partial charge on any atom is 0.0700 e. The van der Waals surface area contributed by atoms with Gasteiger partial charge >= 0.3 is 0 Å². The van der Waals surface area contributed by atoms with Crippen LogP contribution < -0.4 is 5.32 Å². The largest absolute Gasteiger partial charge is 0.306 e. The van der Waals surface area contributed by atoms with Crippen LogP contribution in [0.15, 0.2) is 23.6 Å². The van der Waals surface area contributed by atoms with Gasteiger partial charge in [0.2, 0.25) is 0 Å². The standard InChI is InChI=1S/C15H16Cl3NS/c1-3-6-19-14(15-13(18)9(2)8-20-15)11-5-4-10(16)7-12(11)17/h4-5,7-8,14,19H,3,6H2,1-2H3. The lowest BCUT2D eigenvalue weighted by Crippen LogP contribution is -2.23. The summed E-state index contributed by atoms with van der Waals surface area (Å²) in [6.07, 6.45) is 1.05. The smallest absolute Gasteiger partial charge is 0.0700 e. The highest BCUT2D eigenvalue weighted by molar-refractivity contribution is 7.10. The molecule has 0 saturated heterocycles. The third-order valence-electron chi connectivity index (χ3n) is 3.06. The van der Waals surface area contributed by atoms with E-state index in [9.17, 15) is 0 Å². The van der Waals surface area contributed by atoms with Gasteiger partial charge in [-0.05, 0) is 48.5 Å². The molecule has 0 aliphatic carbocycles. The van der Waals surface area contributed by atoms with Crippen LogP contribution >= 0.6 is 46.1 Å². The molecule has 1 heterocycles. The SMILES string of the molecule is CCCNC(c1ccc(Cl)cc1Cl)c1scc(C)c1Cl.